The highest BCUT2D eigenvalue weighted by Crippen LogP contribution is 2.32. The first-order chi connectivity index (χ1) is 14.6. The van der Waals surface area contributed by atoms with Crippen LogP contribution in [0.2, 0.25) is 0 Å². The van der Waals surface area contributed by atoms with Gasteiger partial charge < -0.3 is 13.6 Å². The summed E-state index contributed by atoms with van der Waals surface area (Å²) in [7, 11) is 1.64. The molecular formula is C25H20N2O3. The van der Waals surface area contributed by atoms with Gasteiger partial charge in [0.1, 0.15) is 16.8 Å². The molecule has 148 valence electrons. The van der Waals surface area contributed by atoms with Gasteiger partial charge in [-0.2, -0.15) is 0 Å². The van der Waals surface area contributed by atoms with Crippen molar-refractivity contribution < 1.29 is 13.6 Å². The van der Waals surface area contributed by atoms with E-state index in [1.807, 2.05) is 66.7 Å². The lowest BCUT2D eigenvalue weighted by molar-refractivity contribution is 0.414. The molecule has 0 fully saturated rings. The summed E-state index contributed by atoms with van der Waals surface area (Å²) < 4.78 is 17.3. The maximum Gasteiger partial charge on any atom is 0.231 e. The standard InChI is InChI=1S/C25H20N2O3/c1-15-12-20-22(13-16(15)2)29-24(26-20)11-9-17-8-10-19-23(14-17)30-25(27-19)18-6-4-5-7-21(18)28-3/h4-14H,1-3H3/b11-9+. The zero-order valence-electron chi connectivity index (χ0n) is 17.0. The van der Waals surface area contributed by atoms with E-state index in [4.69, 9.17) is 13.6 Å². The zero-order valence-corrected chi connectivity index (χ0v) is 17.0. The van der Waals surface area contributed by atoms with Gasteiger partial charge in [0.25, 0.3) is 0 Å². The summed E-state index contributed by atoms with van der Waals surface area (Å²) in [6, 6.07) is 17.6. The van der Waals surface area contributed by atoms with Crippen LogP contribution in [-0.2, 0) is 0 Å². The lowest BCUT2D eigenvalue weighted by Crippen LogP contribution is -1.86. The van der Waals surface area contributed by atoms with Gasteiger partial charge in [-0.25, -0.2) is 9.97 Å². The van der Waals surface area contributed by atoms with Gasteiger partial charge in [-0.1, -0.05) is 18.2 Å². The van der Waals surface area contributed by atoms with E-state index >= 15 is 0 Å². The fraction of sp³-hybridized carbons (Fsp3) is 0.120. The minimum absolute atomic E-state index is 0.535. The number of ether oxygens (including phenoxy) is 1. The lowest BCUT2D eigenvalue weighted by atomic mass is 10.1. The van der Waals surface area contributed by atoms with Crippen molar-refractivity contribution in [3.8, 4) is 17.2 Å². The number of oxazole rings is 2. The molecule has 2 heterocycles. The zero-order chi connectivity index (χ0) is 20.7. The molecule has 0 saturated carbocycles. The highest BCUT2D eigenvalue weighted by molar-refractivity contribution is 5.82. The maximum absolute atomic E-state index is 6.00. The number of para-hydroxylation sites is 1. The average molecular weight is 396 g/mol. The second-order valence-electron chi connectivity index (χ2n) is 7.24. The number of aryl methyl sites for hydroxylation is 2. The topological polar surface area (TPSA) is 61.3 Å². The average Bonchev–Trinajstić information content (AvgIpc) is 3.35. The van der Waals surface area contributed by atoms with E-state index in [9.17, 15) is 0 Å². The summed E-state index contributed by atoms with van der Waals surface area (Å²) >= 11 is 0. The van der Waals surface area contributed by atoms with Gasteiger partial charge in [0.05, 0.1) is 12.7 Å². The SMILES string of the molecule is COc1ccccc1-c1nc2ccc(/C=C/c3nc4cc(C)c(C)cc4o3)cc2o1. The molecule has 0 radical (unpaired) electrons. The predicted molar refractivity (Wildman–Crippen MR) is 118 cm³/mol. The molecule has 5 rings (SSSR count). The van der Waals surface area contributed by atoms with Crippen LogP contribution in [-0.4, -0.2) is 17.1 Å². The Morgan fingerprint density at radius 3 is 2.47 bits per heavy atom. The molecule has 0 saturated heterocycles. The highest BCUT2D eigenvalue weighted by atomic mass is 16.5. The van der Waals surface area contributed by atoms with Crippen molar-refractivity contribution in [2.75, 3.05) is 7.11 Å². The number of methoxy groups -OCH3 is 1. The first-order valence-electron chi connectivity index (χ1n) is 9.70. The van der Waals surface area contributed by atoms with Crippen LogP contribution < -0.4 is 4.74 Å². The number of rotatable bonds is 4. The number of benzene rings is 3. The van der Waals surface area contributed by atoms with Crippen molar-refractivity contribution in [3.05, 3.63) is 77.2 Å². The molecule has 0 atom stereocenters. The van der Waals surface area contributed by atoms with E-state index in [1.54, 1.807) is 7.11 Å². The van der Waals surface area contributed by atoms with Crippen LogP contribution in [0.1, 0.15) is 22.6 Å². The maximum atomic E-state index is 6.00. The third-order valence-corrected chi connectivity index (χ3v) is 5.19. The molecule has 0 aliphatic rings. The Hall–Kier alpha value is -3.86. The number of fused-ring (bicyclic) bond motifs is 2. The molecule has 0 unspecified atom stereocenters. The first kappa shape index (κ1) is 18.2. The molecule has 0 amide bonds. The Morgan fingerprint density at radius 2 is 1.60 bits per heavy atom. The van der Waals surface area contributed by atoms with Crippen LogP contribution in [0, 0.1) is 13.8 Å². The molecular weight excluding hydrogens is 376 g/mol. The smallest absolute Gasteiger partial charge is 0.231 e. The van der Waals surface area contributed by atoms with E-state index in [2.05, 4.69) is 23.8 Å². The van der Waals surface area contributed by atoms with Crippen LogP contribution in [0.4, 0.5) is 0 Å². The van der Waals surface area contributed by atoms with E-state index in [1.165, 1.54) is 11.1 Å². The van der Waals surface area contributed by atoms with Crippen molar-refractivity contribution in [2.24, 2.45) is 0 Å². The third-order valence-electron chi connectivity index (χ3n) is 5.19. The molecule has 5 nitrogen and oxygen atoms in total. The molecule has 30 heavy (non-hydrogen) atoms. The van der Waals surface area contributed by atoms with Gasteiger partial charge in [-0.15, -0.1) is 0 Å². The molecule has 5 heteroatoms. The van der Waals surface area contributed by atoms with Crippen molar-refractivity contribution in [3.63, 3.8) is 0 Å². The minimum atomic E-state index is 0.535. The Morgan fingerprint density at radius 1 is 0.800 bits per heavy atom. The van der Waals surface area contributed by atoms with Crippen LogP contribution in [0.5, 0.6) is 5.75 Å². The number of hydrogen-bond acceptors (Lipinski definition) is 5. The summed E-state index contributed by atoms with van der Waals surface area (Å²) in [6.07, 6.45) is 3.82. The highest BCUT2D eigenvalue weighted by Gasteiger charge is 2.12. The van der Waals surface area contributed by atoms with Gasteiger partial charge in [0.2, 0.25) is 11.8 Å². The van der Waals surface area contributed by atoms with Gasteiger partial charge >= 0.3 is 0 Å². The van der Waals surface area contributed by atoms with Gasteiger partial charge in [0.15, 0.2) is 11.2 Å². The predicted octanol–water partition coefficient (Wildman–Crippen LogP) is 6.43. The monoisotopic (exact) mass is 396 g/mol. The quantitative estimate of drug-likeness (QED) is 0.350. The van der Waals surface area contributed by atoms with Crippen LogP contribution in [0.3, 0.4) is 0 Å². The molecule has 2 aromatic heterocycles. The second-order valence-corrected chi connectivity index (χ2v) is 7.24. The first-order valence-corrected chi connectivity index (χ1v) is 9.70. The molecule has 3 aromatic carbocycles. The summed E-state index contributed by atoms with van der Waals surface area (Å²) in [5.41, 5.74) is 7.35. The van der Waals surface area contributed by atoms with Crippen molar-refractivity contribution in [1.82, 2.24) is 9.97 Å². The number of nitrogens with zero attached hydrogens (tertiary/aromatic N) is 2. The largest absolute Gasteiger partial charge is 0.496 e. The molecule has 5 aromatic rings. The Balaban J connectivity index is 1.46. The fourth-order valence-corrected chi connectivity index (χ4v) is 3.42. The Kier molecular flexibility index (Phi) is 4.36. The molecule has 0 aliphatic heterocycles. The Bertz CT molecular complexity index is 1370. The Labute approximate surface area is 173 Å². The third kappa shape index (κ3) is 3.24. The van der Waals surface area contributed by atoms with Gasteiger partial charge in [-0.05, 0) is 73.0 Å². The number of hydrogen-bond donors (Lipinski definition) is 0. The van der Waals surface area contributed by atoms with Gasteiger partial charge in [0, 0.05) is 6.08 Å². The normalized spacial score (nSPS) is 11.7. The summed E-state index contributed by atoms with van der Waals surface area (Å²) in [5.74, 6) is 1.83. The number of aromatic nitrogens is 2. The van der Waals surface area contributed by atoms with E-state index in [0.717, 1.165) is 33.5 Å². The van der Waals surface area contributed by atoms with Gasteiger partial charge in [-0.3, -0.25) is 0 Å². The van der Waals surface area contributed by atoms with E-state index in [0.29, 0.717) is 17.4 Å². The van der Waals surface area contributed by atoms with Crippen LogP contribution in [0.25, 0.3) is 45.8 Å². The molecule has 0 bridgehead atoms. The molecule has 0 aliphatic carbocycles. The fourth-order valence-electron chi connectivity index (χ4n) is 3.42. The summed E-state index contributed by atoms with van der Waals surface area (Å²) in [4.78, 5) is 9.15. The van der Waals surface area contributed by atoms with E-state index < -0.39 is 0 Å². The summed E-state index contributed by atoms with van der Waals surface area (Å²) in [6.45, 7) is 4.14. The molecule has 0 N–H and O–H groups in total. The van der Waals surface area contributed by atoms with Crippen LogP contribution >= 0.6 is 0 Å². The van der Waals surface area contributed by atoms with Crippen molar-refractivity contribution in [1.29, 1.82) is 0 Å². The lowest BCUT2D eigenvalue weighted by Gasteiger charge is -2.03. The minimum Gasteiger partial charge on any atom is -0.496 e. The molecule has 0 spiro atoms. The van der Waals surface area contributed by atoms with Crippen molar-refractivity contribution >= 4 is 34.4 Å². The second kappa shape index (κ2) is 7.19. The summed E-state index contributed by atoms with van der Waals surface area (Å²) in [5, 5.41) is 0. The van der Waals surface area contributed by atoms with Crippen molar-refractivity contribution in [2.45, 2.75) is 13.8 Å². The van der Waals surface area contributed by atoms with E-state index in [-0.39, 0.29) is 0 Å². The van der Waals surface area contributed by atoms with Crippen LogP contribution in [0.15, 0.2) is 63.4 Å².